The molecule has 1 atom stereocenters. The van der Waals surface area contributed by atoms with E-state index in [9.17, 15) is 4.79 Å². The molecule has 7 heteroatoms. The van der Waals surface area contributed by atoms with E-state index < -0.39 is 0 Å². The first-order valence-electron chi connectivity index (χ1n) is 8.94. The Hall–Kier alpha value is -1.73. The van der Waals surface area contributed by atoms with E-state index in [2.05, 4.69) is 11.1 Å². The first-order chi connectivity index (χ1) is 12.7. The van der Waals surface area contributed by atoms with E-state index in [0.717, 1.165) is 52.9 Å². The molecule has 1 fully saturated rings. The van der Waals surface area contributed by atoms with E-state index in [1.165, 1.54) is 11.8 Å². The fraction of sp³-hybridized carbons (Fsp3) is 0.474. The van der Waals surface area contributed by atoms with Gasteiger partial charge in [-0.15, -0.1) is 11.3 Å². The van der Waals surface area contributed by atoms with Crippen LogP contribution >= 0.6 is 23.1 Å². The third kappa shape index (κ3) is 3.83. The molecule has 2 aromatic rings. The molecule has 0 spiro atoms. The second kappa shape index (κ2) is 7.88. The van der Waals surface area contributed by atoms with Gasteiger partial charge in [0.25, 0.3) is 0 Å². The highest BCUT2D eigenvalue weighted by molar-refractivity contribution is 8.01. The van der Waals surface area contributed by atoms with Crippen molar-refractivity contribution in [3.8, 4) is 11.5 Å². The van der Waals surface area contributed by atoms with Crippen molar-refractivity contribution in [2.24, 2.45) is 0 Å². The zero-order chi connectivity index (χ0) is 17.9. The Morgan fingerprint density at radius 2 is 2.15 bits per heavy atom. The number of fused-ring (bicyclic) bond motifs is 1. The van der Waals surface area contributed by atoms with E-state index in [0.29, 0.717) is 19.0 Å². The predicted molar refractivity (Wildman–Crippen MR) is 103 cm³/mol. The maximum absolute atomic E-state index is 12.8. The minimum atomic E-state index is 0.123. The Balaban J connectivity index is 1.45. The van der Waals surface area contributed by atoms with Crippen molar-refractivity contribution >= 4 is 29.0 Å². The van der Waals surface area contributed by atoms with Crippen molar-refractivity contribution in [2.45, 2.75) is 36.6 Å². The number of rotatable bonds is 4. The van der Waals surface area contributed by atoms with Crippen molar-refractivity contribution in [2.75, 3.05) is 25.5 Å². The molecule has 1 aromatic heterocycles. The third-order valence-electron chi connectivity index (χ3n) is 4.65. The monoisotopic (exact) mass is 390 g/mol. The average Bonchev–Trinajstić information content (AvgIpc) is 3.23. The number of likely N-dealkylation sites (tertiary alicyclic amines) is 1. The number of aryl methyl sites for hydroxylation is 1. The molecule has 2 aliphatic heterocycles. The number of hydrogen-bond acceptors (Lipinski definition) is 6. The molecule has 0 radical (unpaired) electrons. The Morgan fingerprint density at radius 3 is 2.96 bits per heavy atom. The second-order valence-electron chi connectivity index (χ2n) is 6.55. The lowest BCUT2D eigenvalue weighted by molar-refractivity contribution is -0.129. The van der Waals surface area contributed by atoms with Crippen molar-refractivity contribution in [3.05, 3.63) is 34.8 Å². The summed E-state index contributed by atoms with van der Waals surface area (Å²) >= 11 is 3.13. The second-order valence-corrected chi connectivity index (χ2v) is 8.63. The first-order valence-corrected chi connectivity index (χ1v) is 10.8. The number of thioether (sulfide) groups is 1. The number of benzene rings is 1. The van der Waals surface area contributed by atoms with Gasteiger partial charge in [-0.25, -0.2) is 4.98 Å². The summed E-state index contributed by atoms with van der Waals surface area (Å²) in [5.41, 5.74) is 2.14. The minimum Gasteiger partial charge on any atom is -0.490 e. The van der Waals surface area contributed by atoms with Crippen LogP contribution in [0, 0.1) is 6.92 Å². The average molecular weight is 391 g/mol. The zero-order valence-corrected chi connectivity index (χ0v) is 16.4. The molecule has 1 amide bonds. The van der Waals surface area contributed by atoms with Crippen LogP contribution < -0.4 is 9.47 Å². The molecule has 0 aliphatic carbocycles. The lowest BCUT2D eigenvalue weighted by Crippen LogP contribution is -2.32. The van der Waals surface area contributed by atoms with Crippen LogP contribution in [0.1, 0.15) is 36.6 Å². The standard InChI is InChI=1S/C19H22N2O3S2/c1-13-11-25-19(20-13)26-12-18(22)21-7-2-4-15(21)14-5-6-16-17(10-14)24-9-3-8-23-16/h5-6,10-11,15H,2-4,7-9,12H2,1H3/t15-/m1/s1. The van der Waals surface area contributed by atoms with Gasteiger partial charge >= 0.3 is 0 Å². The van der Waals surface area contributed by atoms with Gasteiger partial charge in [-0.1, -0.05) is 17.8 Å². The maximum atomic E-state index is 12.8. The number of carbonyl (C=O) groups excluding carboxylic acids is 1. The van der Waals surface area contributed by atoms with Crippen LogP contribution in [0.15, 0.2) is 27.9 Å². The summed E-state index contributed by atoms with van der Waals surface area (Å²) < 4.78 is 12.5. The lowest BCUT2D eigenvalue weighted by Gasteiger charge is -2.25. The van der Waals surface area contributed by atoms with E-state index in [1.807, 2.05) is 29.3 Å². The number of aromatic nitrogens is 1. The van der Waals surface area contributed by atoms with Crippen LogP contribution in [-0.2, 0) is 4.79 Å². The molecule has 2 aliphatic rings. The molecule has 3 heterocycles. The van der Waals surface area contributed by atoms with Crippen LogP contribution in [0.3, 0.4) is 0 Å². The first kappa shape index (κ1) is 17.7. The van der Waals surface area contributed by atoms with E-state index in [-0.39, 0.29) is 11.9 Å². The van der Waals surface area contributed by atoms with E-state index in [1.54, 1.807) is 11.3 Å². The summed E-state index contributed by atoms with van der Waals surface area (Å²) in [5.74, 6) is 2.22. The van der Waals surface area contributed by atoms with Gasteiger partial charge < -0.3 is 14.4 Å². The van der Waals surface area contributed by atoms with E-state index >= 15 is 0 Å². The summed E-state index contributed by atoms with van der Waals surface area (Å²) in [4.78, 5) is 19.2. The van der Waals surface area contributed by atoms with Gasteiger partial charge in [0.15, 0.2) is 15.8 Å². The van der Waals surface area contributed by atoms with Gasteiger partial charge in [0, 0.05) is 24.0 Å². The topological polar surface area (TPSA) is 51.7 Å². The molecule has 0 N–H and O–H groups in total. The molecule has 26 heavy (non-hydrogen) atoms. The lowest BCUT2D eigenvalue weighted by atomic mass is 10.0. The largest absolute Gasteiger partial charge is 0.490 e. The molecule has 0 unspecified atom stereocenters. The van der Waals surface area contributed by atoms with Crippen LogP contribution in [0.25, 0.3) is 0 Å². The highest BCUT2D eigenvalue weighted by atomic mass is 32.2. The summed E-state index contributed by atoms with van der Waals surface area (Å²) in [6.07, 6.45) is 2.92. The number of thiazole rings is 1. The highest BCUT2D eigenvalue weighted by Gasteiger charge is 2.30. The Bertz CT molecular complexity index is 793. The Kier molecular flexibility index (Phi) is 5.36. The molecule has 138 valence electrons. The van der Waals surface area contributed by atoms with Gasteiger partial charge in [-0.05, 0) is 37.5 Å². The SMILES string of the molecule is Cc1csc(SCC(=O)N2CCC[C@@H]2c2ccc3c(c2)OCCCO3)n1. The summed E-state index contributed by atoms with van der Waals surface area (Å²) in [5, 5.41) is 2.02. The minimum absolute atomic E-state index is 0.123. The number of nitrogens with zero attached hydrogens (tertiary/aromatic N) is 2. The quantitative estimate of drug-likeness (QED) is 0.737. The smallest absolute Gasteiger partial charge is 0.233 e. The number of hydrogen-bond donors (Lipinski definition) is 0. The molecule has 1 saturated heterocycles. The van der Waals surface area contributed by atoms with Gasteiger partial charge in [0.2, 0.25) is 5.91 Å². The van der Waals surface area contributed by atoms with Crippen LogP contribution in [0.4, 0.5) is 0 Å². The summed E-state index contributed by atoms with van der Waals surface area (Å²) in [6.45, 7) is 4.15. The molecular weight excluding hydrogens is 368 g/mol. The van der Waals surface area contributed by atoms with Gasteiger partial charge in [-0.2, -0.15) is 0 Å². The van der Waals surface area contributed by atoms with Crippen LogP contribution in [0.2, 0.25) is 0 Å². The highest BCUT2D eigenvalue weighted by Crippen LogP contribution is 2.38. The zero-order valence-electron chi connectivity index (χ0n) is 14.8. The molecular formula is C19H22N2O3S2. The summed E-state index contributed by atoms with van der Waals surface area (Å²) in [7, 11) is 0. The van der Waals surface area contributed by atoms with Crippen molar-refractivity contribution in [3.63, 3.8) is 0 Å². The number of amides is 1. The number of carbonyl (C=O) groups is 1. The van der Waals surface area contributed by atoms with Gasteiger partial charge in [-0.3, -0.25) is 4.79 Å². The molecule has 0 saturated carbocycles. The van der Waals surface area contributed by atoms with Gasteiger partial charge in [0.05, 0.1) is 25.0 Å². The fourth-order valence-corrected chi connectivity index (χ4v) is 5.14. The van der Waals surface area contributed by atoms with Crippen molar-refractivity contribution < 1.29 is 14.3 Å². The van der Waals surface area contributed by atoms with E-state index in [4.69, 9.17) is 9.47 Å². The Labute approximate surface area is 161 Å². The van der Waals surface area contributed by atoms with Crippen molar-refractivity contribution in [1.82, 2.24) is 9.88 Å². The Morgan fingerprint density at radius 1 is 1.31 bits per heavy atom. The molecule has 5 nitrogen and oxygen atoms in total. The molecule has 0 bridgehead atoms. The fourth-order valence-electron chi connectivity index (χ4n) is 3.40. The normalized spacial score (nSPS) is 19.4. The molecule has 1 aromatic carbocycles. The maximum Gasteiger partial charge on any atom is 0.233 e. The third-order valence-corrected chi connectivity index (χ3v) is 6.77. The van der Waals surface area contributed by atoms with Gasteiger partial charge in [0.1, 0.15) is 0 Å². The van der Waals surface area contributed by atoms with Crippen LogP contribution in [0.5, 0.6) is 11.5 Å². The number of ether oxygens (including phenoxy) is 2. The van der Waals surface area contributed by atoms with Crippen molar-refractivity contribution in [1.29, 1.82) is 0 Å². The van der Waals surface area contributed by atoms with Crippen LogP contribution in [-0.4, -0.2) is 41.3 Å². The summed E-state index contributed by atoms with van der Waals surface area (Å²) in [6, 6.07) is 6.22. The predicted octanol–water partition coefficient (Wildman–Crippen LogP) is 4.07. The molecule has 4 rings (SSSR count).